The van der Waals surface area contributed by atoms with Gasteiger partial charge in [-0.1, -0.05) is 28.1 Å². The molecule has 4 rings (SSSR count). The summed E-state index contributed by atoms with van der Waals surface area (Å²) < 4.78 is 19.1. The van der Waals surface area contributed by atoms with Crippen LogP contribution >= 0.6 is 27.3 Å². The lowest BCUT2D eigenvalue weighted by atomic mass is 10.1. The molecule has 0 saturated heterocycles. The van der Waals surface area contributed by atoms with Crippen molar-refractivity contribution in [3.63, 3.8) is 0 Å². The Morgan fingerprint density at radius 2 is 1.62 bits per heavy atom. The molecule has 1 aromatic heterocycles. The standard InChI is InChI=1S/C23H17BrO4S/c1-26-19-10-11-20-21(14-19)29-23(15-2-4-16(24)5-3-15)22(20)28-18-8-6-17(7-9-18)27-13-12-25/h2-12,14H,13H2,1H3. The van der Waals surface area contributed by atoms with Crippen LogP contribution in [0.25, 0.3) is 20.5 Å². The Balaban J connectivity index is 1.75. The Morgan fingerprint density at radius 3 is 2.31 bits per heavy atom. The third-order valence-electron chi connectivity index (χ3n) is 4.32. The minimum Gasteiger partial charge on any atom is -0.497 e. The summed E-state index contributed by atoms with van der Waals surface area (Å²) in [5.41, 5.74) is 1.08. The molecule has 6 heteroatoms. The predicted molar refractivity (Wildman–Crippen MR) is 120 cm³/mol. The van der Waals surface area contributed by atoms with E-state index in [1.54, 1.807) is 30.6 Å². The predicted octanol–water partition coefficient (Wildman–Crippen LogP) is 6.71. The number of halogens is 1. The van der Waals surface area contributed by atoms with Crippen molar-refractivity contribution < 1.29 is 19.0 Å². The maximum atomic E-state index is 10.5. The van der Waals surface area contributed by atoms with Gasteiger partial charge in [-0.15, -0.1) is 11.3 Å². The molecule has 0 aliphatic heterocycles. The second-order valence-corrected chi connectivity index (χ2v) is 8.15. The highest BCUT2D eigenvalue weighted by Crippen LogP contribution is 2.47. The summed E-state index contributed by atoms with van der Waals surface area (Å²) >= 11 is 5.15. The number of carbonyl (C=O) groups excluding carboxylic acids is 1. The highest BCUT2D eigenvalue weighted by Gasteiger charge is 2.17. The molecular formula is C23H17BrO4S. The van der Waals surface area contributed by atoms with Gasteiger partial charge in [0.1, 0.15) is 23.9 Å². The molecule has 146 valence electrons. The topological polar surface area (TPSA) is 44.8 Å². The van der Waals surface area contributed by atoms with Crippen LogP contribution in [0.2, 0.25) is 0 Å². The molecule has 1 heterocycles. The van der Waals surface area contributed by atoms with Crippen molar-refractivity contribution in [2.24, 2.45) is 0 Å². The fourth-order valence-electron chi connectivity index (χ4n) is 2.92. The van der Waals surface area contributed by atoms with Crippen molar-refractivity contribution in [3.05, 3.63) is 71.2 Å². The van der Waals surface area contributed by atoms with Crippen molar-refractivity contribution in [1.82, 2.24) is 0 Å². The molecular weight excluding hydrogens is 452 g/mol. The first-order valence-corrected chi connectivity index (χ1v) is 10.5. The zero-order valence-corrected chi connectivity index (χ0v) is 18.0. The molecule has 0 aliphatic rings. The number of hydrogen-bond acceptors (Lipinski definition) is 5. The molecule has 0 saturated carbocycles. The third-order valence-corrected chi connectivity index (χ3v) is 6.03. The number of ether oxygens (including phenoxy) is 3. The quantitative estimate of drug-likeness (QED) is 0.282. The number of methoxy groups -OCH3 is 1. The van der Waals surface area contributed by atoms with E-state index in [9.17, 15) is 4.79 Å². The van der Waals surface area contributed by atoms with Gasteiger partial charge in [-0.05, 0) is 60.2 Å². The number of rotatable bonds is 7. The lowest BCUT2D eigenvalue weighted by molar-refractivity contribution is -0.109. The average Bonchev–Trinajstić information content (AvgIpc) is 3.11. The van der Waals surface area contributed by atoms with Gasteiger partial charge in [0.25, 0.3) is 0 Å². The Labute approximate surface area is 180 Å². The number of hydrogen-bond donors (Lipinski definition) is 0. The zero-order valence-electron chi connectivity index (χ0n) is 15.6. The smallest absolute Gasteiger partial charge is 0.157 e. The summed E-state index contributed by atoms with van der Waals surface area (Å²) in [6.07, 6.45) is 0.723. The largest absolute Gasteiger partial charge is 0.497 e. The summed E-state index contributed by atoms with van der Waals surface area (Å²) in [5, 5.41) is 1.02. The highest BCUT2D eigenvalue weighted by molar-refractivity contribution is 9.10. The van der Waals surface area contributed by atoms with Crippen LogP contribution in [0.4, 0.5) is 0 Å². The van der Waals surface area contributed by atoms with Gasteiger partial charge in [0.15, 0.2) is 12.0 Å². The number of fused-ring (bicyclic) bond motifs is 1. The molecule has 0 unspecified atom stereocenters. The lowest BCUT2D eigenvalue weighted by Crippen LogP contribution is -1.97. The number of carbonyl (C=O) groups is 1. The summed E-state index contributed by atoms with van der Waals surface area (Å²) in [6.45, 7) is 0.0327. The molecule has 0 fully saturated rings. The van der Waals surface area contributed by atoms with Gasteiger partial charge in [-0.2, -0.15) is 0 Å². The minimum absolute atomic E-state index is 0.0327. The third kappa shape index (κ3) is 4.28. The molecule has 3 aromatic carbocycles. The van der Waals surface area contributed by atoms with E-state index < -0.39 is 0 Å². The van der Waals surface area contributed by atoms with Gasteiger partial charge in [0.05, 0.1) is 12.0 Å². The fourth-order valence-corrected chi connectivity index (χ4v) is 4.35. The molecule has 0 aliphatic carbocycles. The van der Waals surface area contributed by atoms with Gasteiger partial charge in [-0.3, -0.25) is 4.79 Å². The summed E-state index contributed by atoms with van der Waals surface area (Å²) in [7, 11) is 1.66. The molecule has 0 spiro atoms. The van der Waals surface area contributed by atoms with Gasteiger partial charge in [-0.25, -0.2) is 0 Å². The fraction of sp³-hybridized carbons (Fsp3) is 0.0870. The summed E-state index contributed by atoms with van der Waals surface area (Å²) in [5.74, 6) is 2.93. The van der Waals surface area contributed by atoms with Crippen molar-refractivity contribution in [1.29, 1.82) is 0 Å². The normalized spacial score (nSPS) is 10.7. The van der Waals surface area contributed by atoms with Crippen LogP contribution in [-0.4, -0.2) is 20.0 Å². The number of benzene rings is 3. The van der Waals surface area contributed by atoms with Crippen LogP contribution in [0.1, 0.15) is 0 Å². The van der Waals surface area contributed by atoms with E-state index in [0.29, 0.717) is 11.5 Å². The lowest BCUT2D eigenvalue weighted by Gasteiger charge is -2.09. The van der Waals surface area contributed by atoms with E-state index in [4.69, 9.17) is 14.2 Å². The van der Waals surface area contributed by atoms with Gasteiger partial charge < -0.3 is 14.2 Å². The van der Waals surface area contributed by atoms with Crippen LogP contribution in [-0.2, 0) is 4.79 Å². The van der Waals surface area contributed by atoms with Crippen molar-refractivity contribution in [3.8, 4) is 33.4 Å². The average molecular weight is 469 g/mol. The van der Waals surface area contributed by atoms with Crippen LogP contribution in [0.15, 0.2) is 71.2 Å². The second-order valence-electron chi connectivity index (χ2n) is 6.18. The molecule has 0 N–H and O–H groups in total. The van der Waals surface area contributed by atoms with Crippen molar-refractivity contribution in [2.75, 3.05) is 13.7 Å². The molecule has 0 bridgehead atoms. The minimum atomic E-state index is 0.0327. The molecule has 4 nitrogen and oxygen atoms in total. The van der Waals surface area contributed by atoms with Crippen LogP contribution < -0.4 is 14.2 Å². The first kappa shape index (κ1) is 19.5. The Morgan fingerprint density at radius 1 is 0.931 bits per heavy atom. The van der Waals surface area contributed by atoms with E-state index in [1.165, 1.54) is 0 Å². The summed E-state index contributed by atoms with van der Waals surface area (Å²) in [4.78, 5) is 11.5. The van der Waals surface area contributed by atoms with Crippen LogP contribution in [0, 0.1) is 0 Å². The second kappa shape index (κ2) is 8.68. The SMILES string of the molecule is COc1ccc2c(Oc3ccc(OCC=O)cc3)c(-c3ccc(Br)cc3)sc2c1. The number of thiophene rings is 1. The molecule has 29 heavy (non-hydrogen) atoms. The van der Waals surface area contributed by atoms with E-state index in [0.717, 1.165) is 42.8 Å². The van der Waals surface area contributed by atoms with Crippen molar-refractivity contribution in [2.45, 2.75) is 0 Å². The maximum Gasteiger partial charge on any atom is 0.157 e. The van der Waals surface area contributed by atoms with E-state index in [-0.39, 0.29) is 6.61 Å². The number of aldehydes is 1. The zero-order chi connectivity index (χ0) is 20.2. The first-order valence-electron chi connectivity index (χ1n) is 8.89. The van der Waals surface area contributed by atoms with E-state index in [2.05, 4.69) is 28.1 Å². The Kier molecular flexibility index (Phi) is 5.83. The molecule has 0 radical (unpaired) electrons. The highest BCUT2D eigenvalue weighted by atomic mass is 79.9. The maximum absolute atomic E-state index is 10.5. The summed E-state index contributed by atoms with van der Waals surface area (Å²) in [6, 6.07) is 21.4. The molecule has 4 aromatic rings. The van der Waals surface area contributed by atoms with Crippen molar-refractivity contribution >= 4 is 43.6 Å². The van der Waals surface area contributed by atoms with Gasteiger partial charge in [0, 0.05) is 14.6 Å². The van der Waals surface area contributed by atoms with E-state index in [1.807, 2.05) is 42.5 Å². The van der Waals surface area contributed by atoms with Gasteiger partial charge in [0.2, 0.25) is 0 Å². The van der Waals surface area contributed by atoms with Crippen LogP contribution in [0.3, 0.4) is 0 Å². The Bertz CT molecular complexity index is 1130. The Hall–Kier alpha value is -2.83. The molecule has 0 amide bonds. The van der Waals surface area contributed by atoms with Crippen LogP contribution in [0.5, 0.6) is 23.0 Å². The first-order chi connectivity index (χ1) is 14.2. The monoisotopic (exact) mass is 468 g/mol. The van der Waals surface area contributed by atoms with E-state index >= 15 is 0 Å². The van der Waals surface area contributed by atoms with Gasteiger partial charge >= 0.3 is 0 Å². The molecule has 0 atom stereocenters.